The number of nitrogens with one attached hydrogen (secondary N) is 1. The maximum absolute atomic E-state index is 12.6. The summed E-state index contributed by atoms with van der Waals surface area (Å²) in [6.07, 6.45) is 9.07. The van der Waals surface area contributed by atoms with Crippen LogP contribution >= 0.6 is 0 Å². The molecular formula is C18H26N6O2. The first kappa shape index (κ1) is 17.1. The molecule has 0 aromatic carbocycles. The Morgan fingerprint density at radius 1 is 1.23 bits per heavy atom. The molecule has 140 valence electrons. The lowest BCUT2D eigenvalue weighted by molar-refractivity contribution is 0.221. The second-order valence-electron chi connectivity index (χ2n) is 7.47. The van der Waals surface area contributed by atoms with Crippen molar-refractivity contribution in [2.75, 3.05) is 18.4 Å². The Hall–Kier alpha value is -2.38. The zero-order chi connectivity index (χ0) is 18.1. The van der Waals surface area contributed by atoms with Crippen molar-refractivity contribution in [3.8, 4) is 0 Å². The number of carbonyl (C=O) groups is 1. The SMILES string of the molecule is Cc1noc(C2CCN(C(=O)Nc3nn(C4CCCCC4)cc3C)C2)n1. The van der Waals surface area contributed by atoms with Gasteiger partial charge in [-0.25, -0.2) is 4.79 Å². The average Bonchev–Trinajstić information content (AvgIpc) is 3.36. The molecule has 1 aliphatic heterocycles. The smallest absolute Gasteiger partial charge is 0.323 e. The minimum atomic E-state index is -0.110. The molecule has 8 heteroatoms. The van der Waals surface area contributed by atoms with Gasteiger partial charge in [-0.2, -0.15) is 10.1 Å². The van der Waals surface area contributed by atoms with E-state index in [2.05, 4.69) is 26.8 Å². The van der Waals surface area contributed by atoms with E-state index >= 15 is 0 Å². The maximum Gasteiger partial charge on any atom is 0.323 e. The standard InChI is InChI=1S/C18H26N6O2/c1-12-10-24(15-6-4-3-5-7-15)21-16(12)20-18(25)23-9-8-14(11-23)17-19-13(2)22-26-17/h10,14-15H,3-9,11H2,1-2H3,(H,20,21,25). The summed E-state index contributed by atoms with van der Waals surface area (Å²) < 4.78 is 7.29. The molecule has 3 heterocycles. The molecule has 1 atom stereocenters. The van der Waals surface area contributed by atoms with Gasteiger partial charge < -0.3 is 9.42 Å². The molecule has 1 saturated carbocycles. The highest BCUT2D eigenvalue weighted by Crippen LogP contribution is 2.30. The summed E-state index contributed by atoms with van der Waals surface area (Å²) in [5.41, 5.74) is 1.01. The van der Waals surface area contributed by atoms with Crippen molar-refractivity contribution in [1.29, 1.82) is 0 Å². The van der Waals surface area contributed by atoms with Gasteiger partial charge in [0.25, 0.3) is 0 Å². The number of amides is 2. The topological polar surface area (TPSA) is 89.1 Å². The van der Waals surface area contributed by atoms with Gasteiger partial charge in [0, 0.05) is 24.8 Å². The molecule has 4 rings (SSSR count). The van der Waals surface area contributed by atoms with Crippen LogP contribution in [0.4, 0.5) is 10.6 Å². The van der Waals surface area contributed by atoms with Crippen LogP contribution in [0.1, 0.15) is 67.8 Å². The van der Waals surface area contributed by atoms with Gasteiger partial charge >= 0.3 is 6.03 Å². The van der Waals surface area contributed by atoms with Crippen molar-refractivity contribution in [1.82, 2.24) is 24.8 Å². The summed E-state index contributed by atoms with van der Waals surface area (Å²) in [5.74, 6) is 2.03. The van der Waals surface area contributed by atoms with E-state index in [0.29, 0.717) is 36.7 Å². The Morgan fingerprint density at radius 3 is 2.77 bits per heavy atom. The molecule has 0 radical (unpaired) electrons. The molecule has 2 aliphatic rings. The van der Waals surface area contributed by atoms with Crippen LogP contribution in [0.5, 0.6) is 0 Å². The average molecular weight is 358 g/mol. The fraction of sp³-hybridized carbons (Fsp3) is 0.667. The Labute approximate surface area is 152 Å². The van der Waals surface area contributed by atoms with Crippen molar-refractivity contribution in [2.45, 2.75) is 64.3 Å². The highest BCUT2D eigenvalue weighted by Gasteiger charge is 2.31. The third-order valence-corrected chi connectivity index (χ3v) is 5.46. The zero-order valence-corrected chi connectivity index (χ0v) is 15.4. The molecule has 2 aromatic heterocycles. The van der Waals surface area contributed by atoms with Crippen LogP contribution in [0.25, 0.3) is 0 Å². The Kier molecular flexibility index (Phi) is 4.65. The van der Waals surface area contributed by atoms with Gasteiger partial charge in [0.05, 0.1) is 12.0 Å². The van der Waals surface area contributed by atoms with Gasteiger partial charge in [-0.15, -0.1) is 0 Å². The van der Waals surface area contributed by atoms with Crippen molar-refractivity contribution >= 4 is 11.8 Å². The van der Waals surface area contributed by atoms with Gasteiger partial charge in [0.2, 0.25) is 5.89 Å². The van der Waals surface area contributed by atoms with Crippen molar-refractivity contribution < 1.29 is 9.32 Å². The number of hydrogen-bond donors (Lipinski definition) is 1. The van der Waals surface area contributed by atoms with Crippen LogP contribution in [0.2, 0.25) is 0 Å². The minimum absolute atomic E-state index is 0.110. The Balaban J connectivity index is 1.38. The summed E-state index contributed by atoms with van der Waals surface area (Å²) in [7, 11) is 0. The van der Waals surface area contributed by atoms with E-state index in [1.165, 1.54) is 32.1 Å². The molecule has 0 bridgehead atoms. The molecule has 26 heavy (non-hydrogen) atoms. The van der Waals surface area contributed by atoms with E-state index in [0.717, 1.165) is 12.0 Å². The van der Waals surface area contributed by atoms with Crippen molar-refractivity contribution in [2.24, 2.45) is 0 Å². The minimum Gasteiger partial charge on any atom is -0.339 e. The van der Waals surface area contributed by atoms with Gasteiger partial charge in [0.1, 0.15) is 0 Å². The third-order valence-electron chi connectivity index (χ3n) is 5.46. The number of nitrogens with zero attached hydrogens (tertiary/aromatic N) is 5. The van der Waals surface area contributed by atoms with E-state index in [1.54, 1.807) is 11.8 Å². The second kappa shape index (κ2) is 7.09. The number of urea groups is 1. The van der Waals surface area contributed by atoms with E-state index < -0.39 is 0 Å². The third kappa shape index (κ3) is 3.45. The Bertz CT molecular complexity index is 776. The molecule has 2 aromatic rings. The summed E-state index contributed by atoms with van der Waals surface area (Å²) in [4.78, 5) is 18.7. The lowest BCUT2D eigenvalue weighted by Crippen LogP contribution is -2.33. The number of carbonyl (C=O) groups excluding carboxylic acids is 1. The van der Waals surface area contributed by atoms with Crippen LogP contribution < -0.4 is 5.32 Å². The fourth-order valence-corrected chi connectivity index (χ4v) is 3.94. The normalized spacial score (nSPS) is 21.3. The molecule has 2 amide bonds. The van der Waals surface area contributed by atoms with Gasteiger partial charge in [0.15, 0.2) is 11.6 Å². The lowest BCUT2D eigenvalue weighted by Gasteiger charge is -2.21. The molecule has 8 nitrogen and oxygen atoms in total. The second-order valence-corrected chi connectivity index (χ2v) is 7.47. The molecular weight excluding hydrogens is 332 g/mol. The maximum atomic E-state index is 12.6. The largest absolute Gasteiger partial charge is 0.339 e. The highest BCUT2D eigenvalue weighted by molar-refractivity contribution is 5.89. The number of rotatable bonds is 3. The van der Waals surface area contributed by atoms with Gasteiger partial charge in [-0.1, -0.05) is 24.4 Å². The predicted molar refractivity (Wildman–Crippen MR) is 96.1 cm³/mol. The first-order valence-corrected chi connectivity index (χ1v) is 9.52. The summed E-state index contributed by atoms with van der Waals surface area (Å²) in [5, 5.41) is 11.5. The van der Waals surface area contributed by atoms with E-state index in [9.17, 15) is 4.79 Å². The monoisotopic (exact) mass is 358 g/mol. The predicted octanol–water partition coefficient (Wildman–Crippen LogP) is 3.41. The molecule has 1 N–H and O–H groups in total. The van der Waals surface area contributed by atoms with E-state index in [1.807, 2.05) is 11.6 Å². The quantitative estimate of drug-likeness (QED) is 0.908. The van der Waals surface area contributed by atoms with Crippen LogP contribution in [0, 0.1) is 13.8 Å². The molecule has 1 saturated heterocycles. The van der Waals surface area contributed by atoms with E-state index in [4.69, 9.17) is 4.52 Å². The highest BCUT2D eigenvalue weighted by atomic mass is 16.5. The summed E-state index contributed by atoms with van der Waals surface area (Å²) in [6.45, 7) is 5.07. The van der Waals surface area contributed by atoms with Crippen LogP contribution in [-0.4, -0.2) is 43.9 Å². The fourth-order valence-electron chi connectivity index (χ4n) is 3.94. The number of likely N-dealkylation sites (tertiary alicyclic amines) is 1. The number of aromatic nitrogens is 4. The van der Waals surface area contributed by atoms with Crippen LogP contribution in [-0.2, 0) is 0 Å². The van der Waals surface area contributed by atoms with Crippen LogP contribution in [0.15, 0.2) is 10.7 Å². The first-order valence-electron chi connectivity index (χ1n) is 9.52. The van der Waals surface area contributed by atoms with Crippen molar-refractivity contribution in [3.05, 3.63) is 23.5 Å². The number of hydrogen-bond acceptors (Lipinski definition) is 5. The first-order chi connectivity index (χ1) is 12.6. The zero-order valence-electron chi connectivity index (χ0n) is 15.4. The molecule has 2 fully saturated rings. The lowest BCUT2D eigenvalue weighted by atomic mass is 9.96. The van der Waals surface area contributed by atoms with Crippen molar-refractivity contribution in [3.63, 3.8) is 0 Å². The van der Waals surface area contributed by atoms with Crippen LogP contribution in [0.3, 0.4) is 0 Å². The van der Waals surface area contributed by atoms with Gasteiger partial charge in [-0.3, -0.25) is 10.00 Å². The molecule has 1 aliphatic carbocycles. The number of anilines is 1. The molecule has 0 spiro atoms. The Morgan fingerprint density at radius 2 is 2.04 bits per heavy atom. The summed E-state index contributed by atoms with van der Waals surface area (Å²) in [6, 6.07) is 0.353. The summed E-state index contributed by atoms with van der Waals surface area (Å²) >= 11 is 0. The van der Waals surface area contributed by atoms with Gasteiger partial charge in [-0.05, 0) is 33.1 Å². The van der Waals surface area contributed by atoms with E-state index in [-0.39, 0.29) is 11.9 Å². The molecule has 1 unspecified atom stereocenters. The number of aryl methyl sites for hydroxylation is 2.